The first kappa shape index (κ1) is 25.3. The van der Waals surface area contributed by atoms with Gasteiger partial charge < -0.3 is 5.11 Å². The van der Waals surface area contributed by atoms with Crippen LogP contribution >= 0.6 is 15.9 Å². The van der Waals surface area contributed by atoms with Crippen molar-refractivity contribution in [3.8, 4) is 11.1 Å². The molecule has 0 bridgehead atoms. The van der Waals surface area contributed by atoms with Gasteiger partial charge in [-0.15, -0.1) is 0 Å². The summed E-state index contributed by atoms with van der Waals surface area (Å²) in [5.41, 5.74) is 5.24. The van der Waals surface area contributed by atoms with Crippen molar-refractivity contribution in [3.63, 3.8) is 0 Å². The smallest absolute Gasteiger partial charge is 0.157 e. The van der Waals surface area contributed by atoms with Gasteiger partial charge in [-0.05, 0) is 62.9 Å². The van der Waals surface area contributed by atoms with E-state index in [1.807, 2.05) is 42.5 Å². The fourth-order valence-electron chi connectivity index (χ4n) is 4.44. The van der Waals surface area contributed by atoms with Gasteiger partial charge in [-0.3, -0.25) is 4.98 Å². The highest BCUT2D eigenvalue weighted by Gasteiger charge is 2.38. The van der Waals surface area contributed by atoms with E-state index in [1.54, 1.807) is 6.20 Å². The Morgan fingerprint density at radius 1 is 0.657 bits per heavy atom. The summed E-state index contributed by atoms with van der Waals surface area (Å²) in [6.07, 6.45) is 1.74. The number of rotatable bonds is 4. The third kappa shape index (κ3) is 5.12. The second-order valence-corrected chi connectivity index (χ2v) is 12.2. The van der Waals surface area contributed by atoms with Gasteiger partial charge in [0, 0.05) is 16.2 Å². The summed E-state index contributed by atoms with van der Waals surface area (Å²) in [7, 11) is 0. The van der Waals surface area contributed by atoms with Gasteiger partial charge >= 0.3 is 0 Å². The van der Waals surface area contributed by atoms with E-state index in [0.717, 1.165) is 32.3 Å². The molecule has 1 aromatic heterocycles. The van der Waals surface area contributed by atoms with Crippen LogP contribution in [0.1, 0.15) is 69.5 Å². The van der Waals surface area contributed by atoms with Crippen LogP contribution in [-0.2, 0) is 16.4 Å². The lowest BCUT2D eigenvalue weighted by Crippen LogP contribution is -2.31. The van der Waals surface area contributed by atoms with E-state index < -0.39 is 5.60 Å². The molecule has 1 heterocycles. The molecule has 0 amide bonds. The Hall–Kier alpha value is -2.75. The molecule has 0 aliphatic carbocycles. The molecule has 0 saturated carbocycles. The zero-order chi connectivity index (χ0) is 25.4. The molecule has 180 valence electrons. The van der Waals surface area contributed by atoms with Crippen LogP contribution in [0.2, 0.25) is 0 Å². The van der Waals surface area contributed by atoms with Gasteiger partial charge in [0.25, 0.3) is 0 Å². The van der Waals surface area contributed by atoms with Crippen molar-refractivity contribution in [2.24, 2.45) is 0 Å². The summed E-state index contributed by atoms with van der Waals surface area (Å²) in [5.74, 6) is 0. The summed E-state index contributed by atoms with van der Waals surface area (Å²) in [4.78, 5) is 4.64. The summed E-state index contributed by atoms with van der Waals surface area (Å²) >= 11 is 3.60. The first-order valence-corrected chi connectivity index (χ1v) is 12.9. The number of hydrogen-bond donors (Lipinski definition) is 1. The molecule has 1 N–H and O–H groups in total. The maximum Gasteiger partial charge on any atom is 0.157 e. The Morgan fingerprint density at radius 2 is 1.31 bits per heavy atom. The van der Waals surface area contributed by atoms with E-state index in [4.69, 9.17) is 0 Å². The van der Waals surface area contributed by atoms with Gasteiger partial charge in [-0.1, -0.05) is 118 Å². The SMILES string of the molecule is CC(C)(C)c1ccc(-c2ccc(C(C)(C)C)cc2C(O)(c2cccc(Br)c2)c2ccccn2)cc1. The third-order valence-electron chi connectivity index (χ3n) is 6.62. The molecule has 1 unspecified atom stereocenters. The highest BCUT2D eigenvalue weighted by Crippen LogP contribution is 2.43. The van der Waals surface area contributed by atoms with E-state index in [1.165, 1.54) is 5.56 Å². The van der Waals surface area contributed by atoms with Crippen molar-refractivity contribution in [2.45, 2.75) is 58.0 Å². The molecule has 3 heteroatoms. The Balaban J connectivity index is 2.04. The normalized spacial score (nSPS) is 13.9. The molecular weight excluding hydrogens is 494 g/mol. The van der Waals surface area contributed by atoms with Gasteiger partial charge in [0.05, 0.1) is 5.69 Å². The number of benzene rings is 3. The highest BCUT2D eigenvalue weighted by molar-refractivity contribution is 9.10. The van der Waals surface area contributed by atoms with Crippen molar-refractivity contribution in [2.75, 3.05) is 0 Å². The van der Waals surface area contributed by atoms with Gasteiger partial charge in [0.2, 0.25) is 0 Å². The van der Waals surface area contributed by atoms with Crippen LogP contribution in [0.5, 0.6) is 0 Å². The first-order chi connectivity index (χ1) is 16.4. The van der Waals surface area contributed by atoms with E-state index in [0.29, 0.717) is 5.69 Å². The predicted octanol–water partition coefficient (Wildman–Crippen LogP) is 8.39. The van der Waals surface area contributed by atoms with Crippen molar-refractivity contribution in [1.82, 2.24) is 4.98 Å². The fourth-order valence-corrected chi connectivity index (χ4v) is 4.84. The lowest BCUT2D eigenvalue weighted by Gasteiger charge is -2.33. The van der Waals surface area contributed by atoms with E-state index in [9.17, 15) is 5.11 Å². The predicted molar refractivity (Wildman–Crippen MR) is 150 cm³/mol. The highest BCUT2D eigenvalue weighted by atomic mass is 79.9. The number of aliphatic hydroxyl groups is 1. The lowest BCUT2D eigenvalue weighted by atomic mass is 9.76. The Kier molecular flexibility index (Phi) is 6.78. The molecule has 0 spiro atoms. The Morgan fingerprint density at radius 3 is 1.89 bits per heavy atom. The molecule has 0 radical (unpaired) electrons. The summed E-state index contributed by atoms with van der Waals surface area (Å²) in [6, 6.07) is 28.8. The minimum absolute atomic E-state index is 0.0719. The fraction of sp³-hybridized carbons (Fsp3) is 0.281. The van der Waals surface area contributed by atoms with E-state index in [-0.39, 0.29) is 10.8 Å². The second kappa shape index (κ2) is 9.37. The van der Waals surface area contributed by atoms with Gasteiger partial charge in [-0.2, -0.15) is 0 Å². The summed E-state index contributed by atoms with van der Waals surface area (Å²) < 4.78 is 0.910. The first-order valence-electron chi connectivity index (χ1n) is 12.1. The van der Waals surface area contributed by atoms with E-state index in [2.05, 4.69) is 105 Å². The van der Waals surface area contributed by atoms with Crippen LogP contribution in [0.25, 0.3) is 11.1 Å². The van der Waals surface area contributed by atoms with E-state index >= 15 is 0 Å². The molecular formula is C32H34BrNO. The van der Waals surface area contributed by atoms with Crippen LogP contribution in [0.15, 0.2) is 95.6 Å². The molecule has 4 aromatic rings. The molecule has 2 nitrogen and oxygen atoms in total. The van der Waals surface area contributed by atoms with Crippen LogP contribution < -0.4 is 0 Å². The Labute approximate surface area is 218 Å². The van der Waals surface area contributed by atoms with Crippen molar-refractivity contribution >= 4 is 15.9 Å². The number of halogens is 1. The summed E-state index contributed by atoms with van der Waals surface area (Å²) in [5, 5.41) is 12.7. The largest absolute Gasteiger partial charge is 0.374 e. The van der Waals surface area contributed by atoms with Crippen LogP contribution in [-0.4, -0.2) is 10.1 Å². The van der Waals surface area contributed by atoms with Crippen molar-refractivity contribution in [3.05, 3.63) is 124 Å². The Bertz CT molecular complexity index is 1310. The number of pyridine rings is 1. The minimum atomic E-state index is -1.44. The number of nitrogens with zero attached hydrogens (tertiary/aromatic N) is 1. The molecule has 35 heavy (non-hydrogen) atoms. The lowest BCUT2D eigenvalue weighted by molar-refractivity contribution is 0.121. The van der Waals surface area contributed by atoms with Crippen LogP contribution in [0.3, 0.4) is 0 Å². The number of aromatic nitrogens is 1. The molecule has 0 saturated heterocycles. The average molecular weight is 529 g/mol. The van der Waals surface area contributed by atoms with Crippen molar-refractivity contribution < 1.29 is 5.11 Å². The number of hydrogen-bond acceptors (Lipinski definition) is 2. The standard InChI is InChI=1S/C32H34BrNO/c1-30(2,3)23-15-13-22(14-16-23)27-18-17-24(31(4,5)6)21-28(27)32(35,29-12-7-8-19-34-29)25-10-9-11-26(33)20-25/h7-21,35H,1-6H3. The molecule has 0 fully saturated rings. The zero-order valence-corrected chi connectivity index (χ0v) is 23.0. The molecule has 3 aromatic carbocycles. The maximum atomic E-state index is 12.7. The molecule has 4 rings (SSSR count). The topological polar surface area (TPSA) is 33.1 Å². The van der Waals surface area contributed by atoms with Crippen LogP contribution in [0, 0.1) is 0 Å². The monoisotopic (exact) mass is 527 g/mol. The summed E-state index contributed by atoms with van der Waals surface area (Å²) in [6.45, 7) is 13.3. The minimum Gasteiger partial charge on any atom is -0.374 e. The molecule has 1 atom stereocenters. The van der Waals surface area contributed by atoms with Crippen molar-refractivity contribution in [1.29, 1.82) is 0 Å². The molecule has 0 aliphatic rings. The van der Waals surface area contributed by atoms with Gasteiger partial charge in [0.15, 0.2) is 5.60 Å². The van der Waals surface area contributed by atoms with Gasteiger partial charge in [-0.25, -0.2) is 0 Å². The van der Waals surface area contributed by atoms with Gasteiger partial charge in [0.1, 0.15) is 0 Å². The van der Waals surface area contributed by atoms with Crippen LogP contribution in [0.4, 0.5) is 0 Å². The average Bonchev–Trinajstić information content (AvgIpc) is 2.83. The molecule has 0 aliphatic heterocycles. The third-order valence-corrected chi connectivity index (χ3v) is 7.11. The second-order valence-electron chi connectivity index (χ2n) is 11.3. The maximum absolute atomic E-state index is 12.7. The zero-order valence-electron chi connectivity index (χ0n) is 21.4. The quantitative estimate of drug-likeness (QED) is 0.289.